The zero-order valence-corrected chi connectivity index (χ0v) is 17.9. The summed E-state index contributed by atoms with van der Waals surface area (Å²) in [4.78, 5) is 35.9. The number of hydrogen-bond donors (Lipinski definition) is 1. The zero-order chi connectivity index (χ0) is 23.0. The van der Waals surface area contributed by atoms with Crippen molar-refractivity contribution >= 4 is 46.7 Å². The number of carbonyl (C=O) groups is 3. The third-order valence-corrected chi connectivity index (χ3v) is 5.27. The summed E-state index contributed by atoms with van der Waals surface area (Å²) in [5.41, 5.74) is 2.29. The number of ketones is 1. The lowest BCUT2D eigenvalue weighted by Gasteiger charge is -2.12. The van der Waals surface area contributed by atoms with E-state index in [2.05, 4.69) is 5.10 Å². The highest BCUT2D eigenvalue weighted by molar-refractivity contribution is 6.34. The van der Waals surface area contributed by atoms with Gasteiger partial charge >= 0.3 is 5.97 Å². The van der Waals surface area contributed by atoms with Crippen LogP contribution in [0.5, 0.6) is 0 Å². The number of Topliss-reactive ketones (excluding diaryl/α,β-unsaturated/α-hetero) is 1. The van der Waals surface area contributed by atoms with Gasteiger partial charge in [0.15, 0.2) is 5.78 Å². The molecule has 0 spiro atoms. The van der Waals surface area contributed by atoms with Crippen molar-refractivity contribution in [1.29, 1.82) is 0 Å². The smallest absolute Gasteiger partial charge is 0.335 e. The molecule has 1 amide bonds. The standard InChI is InChI=1S/C24H17ClN2O5/c1-13-19(23(29)27(26-13)17-5-3-4-16(10-17)24(30)31)12-18-7-9-22(32-18)15-6-8-21(25)20(11-15)14(2)28/h3-12H,1-2H3,(H,30,31)/b19-12-. The van der Waals surface area contributed by atoms with E-state index in [1.807, 2.05) is 0 Å². The topological polar surface area (TPSA) is 100 Å². The number of rotatable bonds is 5. The minimum atomic E-state index is -1.09. The Morgan fingerprint density at radius 3 is 2.62 bits per heavy atom. The van der Waals surface area contributed by atoms with Crippen LogP contribution >= 0.6 is 11.6 Å². The van der Waals surface area contributed by atoms with Crippen LogP contribution in [0.15, 0.2) is 69.7 Å². The lowest BCUT2D eigenvalue weighted by Crippen LogP contribution is -2.21. The van der Waals surface area contributed by atoms with Crippen molar-refractivity contribution in [3.8, 4) is 11.3 Å². The van der Waals surface area contributed by atoms with Gasteiger partial charge in [-0.3, -0.25) is 9.59 Å². The zero-order valence-electron chi connectivity index (χ0n) is 17.1. The Balaban J connectivity index is 1.63. The molecule has 8 heteroatoms. The van der Waals surface area contributed by atoms with Crippen molar-refractivity contribution in [3.63, 3.8) is 0 Å². The minimum absolute atomic E-state index is 0.0594. The predicted octanol–water partition coefficient (Wildman–Crippen LogP) is 5.31. The van der Waals surface area contributed by atoms with Gasteiger partial charge in [0.25, 0.3) is 5.91 Å². The third-order valence-electron chi connectivity index (χ3n) is 4.94. The first-order valence-corrected chi connectivity index (χ1v) is 9.98. The van der Waals surface area contributed by atoms with Gasteiger partial charge < -0.3 is 9.52 Å². The van der Waals surface area contributed by atoms with Gasteiger partial charge in [-0.05, 0) is 68.5 Å². The number of carbonyl (C=O) groups excluding carboxylic acids is 2. The largest absolute Gasteiger partial charge is 0.478 e. The Morgan fingerprint density at radius 2 is 1.91 bits per heavy atom. The number of benzene rings is 2. The van der Waals surface area contributed by atoms with Gasteiger partial charge in [0.05, 0.1) is 27.6 Å². The van der Waals surface area contributed by atoms with E-state index in [9.17, 15) is 19.5 Å². The van der Waals surface area contributed by atoms with Gasteiger partial charge in [0, 0.05) is 11.1 Å². The van der Waals surface area contributed by atoms with Crippen molar-refractivity contribution in [2.75, 3.05) is 5.01 Å². The number of carboxylic acids is 1. The van der Waals surface area contributed by atoms with Crippen molar-refractivity contribution in [2.45, 2.75) is 13.8 Å². The number of furan rings is 1. The van der Waals surface area contributed by atoms with E-state index in [0.29, 0.717) is 44.6 Å². The number of halogens is 1. The monoisotopic (exact) mass is 448 g/mol. The molecule has 0 unspecified atom stereocenters. The molecule has 32 heavy (non-hydrogen) atoms. The maximum absolute atomic E-state index is 12.9. The highest BCUT2D eigenvalue weighted by Crippen LogP contribution is 2.30. The van der Waals surface area contributed by atoms with E-state index < -0.39 is 11.9 Å². The molecule has 0 aliphatic carbocycles. The quantitative estimate of drug-likeness (QED) is 0.421. The lowest BCUT2D eigenvalue weighted by molar-refractivity contribution is -0.114. The lowest BCUT2D eigenvalue weighted by atomic mass is 10.1. The van der Waals surface area contributed by atoms with Gasteiger partial charge in [-0.15, -0.1) is 0 Å². The second-order valence-electron chi connectivity index (χ2n) is 7.17. The number of hydrogen-bond acceptors (Lipinski definition) is 5. The van der Waals surface area contributed by atoms with Crippen LogP contribution in [0.4, 0.5) is 5.69 Å². The highest BCUT2D eigenvalue weighted by Gasteiger charge is 2.29. The van der Waals surface area contributed by atoms with E-state index in [4.69, 9.17) is 16.0 Å². The first kappa shape index (κ1) is 21.3. The number of hydrazone groups is 1. The Bertz CT molecular complexity index is 1340. The predicted molar refractivity (Wildman–Crippen MR) is 121 cm³/mol. The van der Waals surface area contributed by atoms with Crippen LogP contribution in [0, 0.1) is 0 Å². The molecule has 0 saturated carbocycles. The normalized spacial score (nSPS) is 14.7. The molecule has 3 aromatic rings. The summed E-state index contributed by atoms with van der Waals surface area (Å²) in [5, 5.41) is 15.0. The summed E-state index contributed by atoms with van der Waals surface area (Å²) in [6.45, 7) is 3.13. The molecule has 4 rings (SSSR count). The highest BCUT2D eigenvalue weighted by atomic mass is 35.5. The first-order chi connectivity index (χ1) is 15.2. The molecule has 160 valence electrons. The summed E-state index contributed by atoms with van der Waals surface area (Å²) in [7, 11) is 0. The number of carboxylic acid groups (broad SMARTS) is 1. The van der Waals surface area contributed by atoms with E-state index in [-0.39, 0.29) is 11.3 Å². The van der Waals surface area contributed by atoms with E-state index in [1.165, 1.54) is 19.1 Å². The molecular formula is C24H17ClN2O5. The van der Waals surface area contributed by atoms with E-state index in [0.717, 1.165) is 5.01 Å². The van der Waals surface area contributed by atoms with Gasteiger partial charge in [-0.25, -0.2) is 4.79 Å². The number of anilines is 1. The van der Waals surface area contributed by atoms with Gasteiger partial charge in [-0.2, -0.15) is 10.1 Å². The molecular weight excluding hydrogens is 432 g/mol. The van der Waals surface area contributed by atoms with Crippen LogP contribution in [0.3, 0.4) is 0 Å². The van der Waals surface area contributed by atoms with Gasteiger partial charge in [0.2, 0.25) is 0 Å². The Labute approximate surface area is 188 Å². The van der Waals surface area contributed by atoms with Gasteiger partial charge in [0.1, 0.15) is 11.5 Å². The molecule has 7 nitrogen and oxygen atoms in total. The number of aromatic carboxylic acids is 1. The summed E-state index contributed by atoms with van der Waals surface area (Å²) in [6, 6.07) is 14.5. The van der Waals surface area contributed by atoms with Crippen LogP contribution in [0.25, 0.3) is 17.4 Å². The molecule has 0 saturated heterocycles. The molecule has 1 aliphatic rings. The Morgan fingerprint density at radius 1 is 1.12 bits per heavy atom. The fourth-order valence-electron chi connectivity index (χ4n) is 3.31. The molecule has 1 aromatic heterocycles. The summed E-state index contributed by atoms with van der Waals surface area (Å²) in [6.07, 6.45) is 1.58. The second kappa shape index (κ2) is 8.28. The van der Waals surface area contributed by atoms with Crippen LogP contribution in [-0.2, 0) is 4.79 Å². The second-order valence-corrected chi connectivity index (χ2v) is 7.58. The molecule has 0 bridgehead atoms. The summed E-state index contributed by atoms with van der Waals surface area (Å²) < 4.78 is 5.86. The molecule has 1 aliphatic heterocycles. The first-order valence-electron chi connectivity index (χ1n) is 9.60. The van der Waals surface area contributed by atoms with E-state index in [1.54, 1.807) is 55.5 Å². The number of amides is 1. The maximum atomic E-state index is 12.9. The fraction of sp³-hybridized carbons (Fsp3) is 0.0833. The van der Waals surface area contributed by atoms with Crippen LogP contribution < -0.4 is 5.01 Å². The van der Waals surface area contributed by atoms with Crippen LogP contribution in [-0.4, -0.2) is 28.5 Å². The molecule has 0 radical (unpaired) electrons. The van der Waals surface area contributed by atoms with Gasteiger partial charge in [-0.1, -0.05) is 17.7 Å². The molecule has 2 aromatic carbocycles. The maximum Gasteiger partial charge on any atom is 0.335 e. The molecule has 0 fully saturated rings. The Hall–Kier alpha value is -3.97. The van der Waals surface area contributed by atoms with Crippen molar-refractivity contribution < 1.29 is 23.9 Å². The average molecular weight is 449 g/mol. The van der Waals surface area contributed by atoms with Crippen LogP contribution in [0.2, 0.25) is 5.02 Å². The minimum Gasteiger partial charge on any atom is -0.478 e. The average Bonchev–Trinajstić information content (AvgIpc) is 3.34. The molecule has 1 N–H and O–H groups in total. The fourth-order valence-corrected chi connectivity index (χ4v) is 3.56. The van der Waals surface area contributed by atoms with E-state index >= 15 is 0 Å². The molecule has 0 atom stereocenters. The summed E-state index contributed by atoms with van der Waals surface area (Å²) in [5.74, 6) is -0.691. The van der Waals surface area contributed by atoms with Crippen molar-refractivity contribution in [1.82, 2.24) is 0 Å². The van der Waals surface area contributed by atoms with Crippen LogP contribution in [0.1, 0.15) is 40.3 Å². The van der Waals surface area contributed by atoms with Crippen molar-refractivity contribution in [2.24, 2.45) is 5.10 Å². The molecule has 2 heterocycles. The van der Waals surface area contributed by atoms with Crippen molar-refractivity contribution in [3.05, 3.63) is 82.1 Å². The Kier molecular flexibility index (Phi) is 5.50. The number of nitrogens with zero attached hydrogens (tertiary/aromatic N) is 2. The summed E-state index contributed by atoms with van der Waals surface area (Å²) >= 11 is 6.07. The SMILES string of the molecule is CC(=O)c1cc(-c2ccc(/C=C3\C(=O)N(c4cccc(C(=O)O)c4)N=C3C)o2)ccc1Cl. The third kappa shape index (κ3) is 3.98.